The summed E-state index contributed by atoms with van der Waals surface area (Å²) in [6.07, 6.45) is 3.04. The lowest BCUT2D eigenvalue weighted by Gasteiger charge is -2.09. The predicted molar refractivity (Wildman–Crippen MR) is 118 cm³/mol. The van der Waals surface area contributed by atoms with Gasteiger partial charge in [-0.1, -0.05) is 29.4 Å². The standard InChI is InChI=1S/C20H18ClN5O5S/c1-2-7-26-16(10-22-18(28)15-4-3-8-31-15)24-25-20(26)32-11-17(27)23-14-9-12(19(29)30)5-6-13(14)21/h2-6,8-9H,1,7,10-11H2,(H,22,28)(H,23,27)(H,29,30). The van der Waals surface area contributed by atoms with Crippen LogP contribution in [0.1, 0.15) is 26.7 Å². The number of allylic oxidation sites excluding steroid dienone is 1. The molecule has 0 unspecified atom stereocenters. The summed E-state index contributed by atoms with van der Waals surface area (Å²) in [7, 11) is 0. The molecule has 32 heavy (non-hydrogen) atoms. The van der Waals surface area contributed by atoms with Gasteiger partial charge in [0.2, 0.25) is 5.91 Å². The molecule has 0 saturated carbocycles. The van der Waals surface area contributed by atoms with E-state index in [9.17, 15) is 14.4 Å². The van der Waals surface area contributed by atoms with Crippen LogP contribution in [-0.4, -0.2) is 43.4 Å². The first-order chi connectivity index (χ1) is 15.4. The van der Waals surface area contributed by atoms with Gasteiger partial charge in [0.05, 0.1) is 34.8 Å². The summed E-state index contributed by atoms with van der Waals surface area (Å²) in [6.45, 7) is 4.18. The number of carbonyl (C=O) groups excluding carboxylic acids is 2. The molecule has 0 atom stereocenters. The number of carboxylic acid groups (broad SMARTS) is 1. The highest BCUT2D eigenvalue weighted by Gasteiger charge is 2.16. The number of hydrogen-bond acceptors (Lipinski definition) is 7. The van der Waals surface area contributed by atoms with Crippen LogP contribution in [0.25, 0.3) is 0 Å². The van der Waals surface area contributed by atoms with E-state index < -0.39 is 17.8 Å². The number of aromatic carboxylic acids is 1. The fraction of sp³-hybridized carbons (Fsp3) is 0.150. The number of halogens is 1. The molecule has 10 nitrogen and oxygen atoms in total. The molecule has 3 rings (SSSR count). The van der Waals surface area contributed by atoms with Crippen molar-refractivity contribution in [2.24, 2.45) is 0 Å². The highest BCUT2D eigenvalue weighted by molar-refractivity contribution is 7.99. The van der Waals surface area contributed by atoms with Gasteiger partial charge < -0.3 is 24.7 Å². The van der Waals surface area contributed by atoms with E-state index in [1.54, 1.807) is 22.8 Å². The van der Waals surface area contributed by atoms with Crippen molar-refractivity contribution in [3.63, 3.8) is 0 Å². The molecule has 0 bridgehead atoms. The van der Waals surface area contributed by atoms with Crippen LogP contribution in [0.2, 0.25) is 5.02 Å². The first-order valence-electron chi connectivity index (χ1n) is 9.19. The Kier molecular flexibility index (Phi) is 7.68. The number of thioether (sulfide) groups is 1. The highest BCUT2D eigenvalue weighted by Crippen LogP contribution is 2.24. The van der Waals surface area contributed by atoms with Crippen LogP contribution in [0.3, 0.4) is 0 Å². The Bertz CT molecular complexity index is 1150. The van der Waals surface area contributed by atoms with E-state index in [-0.39, 0.29) is 34.3 Å². The van der Waals surface area contributed by atoms with Crippen molar-refractivity contribution < 1.29 is 23.9 Å². The molecule has 2 aromatic heterocycles. The molecule has 2 heterocycles. The number of carbonyl (C=O) groups is 3. The third-order valence-corrected chi connectivity index (χ3v) is 5.37. The molecule has 0 aliphatic carbocycles. The number of nitrogens with zero attached hydrogens (tertiary/aromatic N) is 3. The van der Waals surface area contributed by atoms with Crippen molar-refractivity contribution in [1.82, 2.24) is 20.1 Å². The quantitative estimate of drug-likeness (QED) is 0.300. The Morgan fingerprint density at radius 2 is 2.09 bits per heavy atom. The van der Waals surface area contributed by atoms with Gasteiger partial charge in [-0.15, -0.1) is 16.8 Å². The summed E-state index contributed by atoms with van der Waals surface area (Å²) < 4.78 is 6.76. The molecule has 0 aliphatic rings. The monoisotopic (exact) mass is 475 g/mol. The fourth-order valence-corrected chi connectivity index (χ4v) is 3.53. The highest BCUT2D eigenvalue weighted by atomic mass is 35.5. The summed E-state index contributed by atoms with van der Waals surface area (Å²) in [6, 6.07) is 7.19. The minimum atomic E-state index is -1.13. The third-order valence-electron chi connectivity index (χ3n) is 4.08. The molecule has 2 amide bonds. The smallest absolute Gasteiger partial charge is 0.335 e. The van der Waals surface area contributed by atoms with Crippen LogP contribution in [0, 0.1) is 0 Å². The van der Waals surface area contributed by atoms with E-state index in [1.165, 1.54) is 24.5 Å². The largest absolute Gasteiger partial charge is 0.478 e. The van der Waals surface area contributed by atoms with Gasteiger partial charge in [-0.2, -0.15) is 0 Å². The van der Waals surface area contributed by atoms with E-state index in [4.69, 9.17) is 21.1 Å². The van der Waals surface area contributed by atoms with Crippen molar-refractivity contribution in [3.8, 4) is 0 Å². The first kappa shape index (κ1) is 23.1. The topological polar surface area (TPSA) is 139 Å². The molecule has 0 fully saturated rings. The number of benzene rings is 1. The van der Waals surface area contributed by atoms with E-state index in [0.717, 1.165) is 11.8 Å². The van der Waals surface area contributed by atoms with E-state index in [2.05, 4.69) is 27.4 Å². The van der Waals surface area contributed by atoms with E-state index >= 15 is 0 Å². The average molecular weight is 476 g/mol. The van der Waals surface area contributed by atoms with Crippen molar-refractivity contribution in [1.29, 1.82) is 0 Å². The van der Waals surface area contributed by atoms with Crippen LogP contribution in [-0.2, 0) is 17.9 Å². The molecule has 3 aromatic rings. The molecule has 166 valence electrons. The number of carboxylic acids is 1. The molecule has 0 aliphatic heterocycles. The predicted octanol–water partition coefficient (Wildman–Crippen LogP) is 3.07. The van der Waals surface area contributed by atoms with Crippen LogP contribution < -0.4 is 10.6 Å². The van der Waals surface area contributed by atoms with Gasteiger partial charge in [0.1, 0.15) is 0 Å². The van der Waals surface area contributed by atoms with Crippen LogP contribution in [0.5, 0.6) is 0 Å². The number of rotatable bonds is 10. The summed E-state index contributed by atoms with van der Waals surface area (Å²) in [5, 5.41) is 23.2. The zero-order valence-electron chi connectivity index (χ0n) is 16.6. The number of anilines is 1. The Labute approximate surface area is 191 Å². The molecular formula is C20H18ClN5O5S. The van der Waals surface area contributed by atoms with Crippen LogP contribution >= 0.6 is 23.4 Å². The zero-order valence-corrected chi connectivity index (χ0v) is 18.2. The normalized spacial score (nSPS) is 10.5. The van der Waals surface area contributed by atoms with Gasteiger partial charge in [0.25, 0.3) is 5.91 Å². The van der Waals surface area contributed by atoms with E-state index in [1.807, 2.05) is 0 Å². The molecule has 1 aromatic carbocycles. The molecule has 0 radical (unpaired) electrons. The molecular weight excluding hydrogens is 458 g/mol. The maximum Gasteiger partial charge on any atom is 0.335 e. The van der Waals surface area contributed by atoms with Gasteiger partial charge in [-0.05, 0) is 30.3 Å². The maximum absolute atomic E-state index is 12.4. The van der Waals surface area contributed by atoms with Crippen molar-refractivity contribution >= 4 is 46.8 Å². The minimum absolute atomic E-state index is 0.00400. The van der Waals surface area contributed by atoms with Crippen LogP contribution in [0.4, 0.5) is 5.69 Å². The maximum atomic E-state index is 12.4. The number of furan rings is 1. The number of hydrogen-bond donors (Lipinski definition) is 3. The fourth-order valence-electron chi connectivity index (χ4n) is 2.59. The molecule has 3 N–H and O–H groups in total. The second-order valence-electron chi connectivity index (χ2n) is 6.29. The second-order valence-corrected chi connectivity index (χ2v) is 7.64. The Morgan fingerprint density at radius 3 is 2.78 bits per heavy atom. The van der Waals surface area contributed by atoms with Gasteiger partial charge in [0.15, 0.2) is 16.7 Å². The Balaban J connectivity index is 1.62. The molecule has 0 spiro atoms. The Morgan fingerprint density at radius 1 is 1.28 bits per heavy atom. The number of amides is 2. The molecule has 12 heteroatoms. The van der Waals surface area contributed by atoms with Crippen molar-refractivity contribution in [2.45, 2.75) is 18.2 Å². The number of aromatic nitrogens is 3. The first-order valence-corrected chi connectivity index (χ1v) is 10.6. The summed E-state index contributed by atoms with van der Waals surface area (Å²) in [5.41, 5.74) is 0.204. The summed E-state index contributed by atoms with van der Waals surface area (Å²) >= 11 is 7.16. The van der Waals surface area contributed by atoms with Gasteiger partial charge in [0, 0.05) is 6.54 Å². The lowest BCUT2D eigenvalue weighted by molar-refractivity contribution is -0.113. The minimum Gasteiger partial charge on any atom is -0.478 e. The van der Waals surface area contributed by atoms with Gasteiger partial charge in [-0.3, -0.25) is 9.59 Å². The van der Waals surface area contributed by atoms with Gasteiger partial charge >= 0.3 is 5.97 Å². The van der Waals surface area contributed by atoms with Crippen LogP contribution in [0.15, 0.2) is 58.8 Å². The lowest BCUT2D eigenvalue weighted by Crippen LogP contribution is -2.24. The zero-order chi connectivity index (χ0) is 23.1. The van der Waals surface area contributed by atoms with Gasteiger partial charge in [-0.25, -0.2) is 4.79 Å². The summed E-state index contributed by atoms with van der Waals surface area (Å²) in [5.74, 6) is -1.29. The van der Waals surface area contributed by atoms with E-state index in [0.29, 0.717) is 17.5 Å². The van der Waals surface area contributed by atoms with Crippen molar-refractivity contribution in [2.75, 3.05) is 11.1 Å². The summed E-state index contributed by atoms with van der Waals surface area (Å²) in [4.78, 5) is 35.5. The number of nitrogens with one attached hydrogen (secondary N) is 2. The second kappa shape index (κ2) is 10.6. The lowest BCUT2D eigenvalue weighted by atomic mass is 10.2. The average Bonchev–Trinajstić information content (AvgIpc) is 3.43. The SMILES string of the molecule is C=CCn1c(CNC(=O)c2ccco2)nnc1SCC(=O)Nc1cc(C(=O)O)ccc1Cl. The van der Waals surface area contributed by atoms with Crippen molar-refractivity contribution in [3.05, 3.63) is 71.4 Å². The molecule has 0 saturated heterocycles. The Hall–Kier alpha value is -3.57. The third kappa shape index (κ3) is 5.77.